The van der Waals surface area contributed by atoms with Crippen LogP contribution < -0.4 is 20.1 Å². The molecule has 148 valence electrons. The molecule has 2 amide bonds. The van der Waals surface area contributed by atoms with Gasteiger partial charge in [-0.2, -0.15) is 4.98 Å². The van der Waals surface area contributed by atoms with E-state index in [1.807, 2.05) is 0 Å². The number of pyridine rings is 1. The fourth-order valence-corrected chi connectivity index (χ4v) is 3.00. The lowest BCUT2D eigenvalue weighted by Gasteiger charge is -2.23. The van der Waals surface area contributed by atoms with E-state index in [-0.39, 0.29) is 18.3 Å². The highest BCUT2D eigenvalue weighted by Crippen LogP contribution is 2.31. The molecule has 0 unspecified atom stereocenters. The summed E-state index contributed by atoms with van der Waals surface area (Å²) in [4.78, 5) is 33.5. The Labute approximate surface area is 165 Å². The summed E-state index contributed by atoms with van der Waals surface area (Å²) in [5.41, 5.74) is 1.14. The highest BCUT2D eigenvalue weighted by Gasteiger charge is 2.33. The second kappa shape index (κ2) is 7.58. The second-order valence-corrected chi connectivity index (χ2v) is 6.27. The van der Waals surface area contributed by atoms with E-state index in [4.69, 9.17) is 9.47 Å². The third-order valence-corrected chi connectivity index (χ3v) is 4.45. The first-order valence-corrected chi connectivity index (χ1v) is 8.78. The van der Waals surface area contributed by atoms with Crippen molar-refractivity contribution in [2.24, 2.45) is 0 Å². The van der Waals surface area contributed by atoms with Crippen LogP contribution in [0.1, 0.15) is 12.5 Å². The Morgan fingerprint density at radius 1 is 1.28 bits per heavy atom. The molecule has 2 aromatic heterocycles. The summed E-state index contributed by atoms with van der Waals surface area (Å²) < 4.78 is 11.9. The predicted molar refractivity (Wildman–Crippen MR) is 104 cm³/mol. The van der Waals surface area contributed by atoms with Gasteiger partial charge in [0.15, 0.2) is 5.82 Å². The number of aromatic nitrogens is 4. The zero-order valence-electron chi connectivity index (χ0n) is 15.7. The highest BCUT2D eigenvalue weighted by molar-refractivity contribution is 6.01. The fraction of sp³-hybridized carbons (Fsp3) is 0.211. The molecular weight excluding hydrogens is 376 g/mol. The van der Waals surface area contributed by atoms with Gasteiger partial charge in [0.05, 0.1) is 26.3 Å². The molecule has 1 atom stereocenters. The number of nitrogens with one attached hydrogen (secondary N) is 2. The van der Waals surface area contributed by atoms with Crippen LogP contribution >= 0.6 is 0 Å². The molecular formula is C19H18N6O4. The number of nitrogens with zero attached hydrogens (tertiary/aromatic N) is 4. The summed E-state index contributed by atoms with van der Waals surface area (Å²) >= 11 is 0. The zero-order valence-corrected chi connectivity index (χ0v) is 15.7. The number of carbonyl (C=O) groups excluding carboxylic acids is 2. The molecule has 0 spiro atoms. The Kier molecular flexibility index (Phi) is 4.82. The number of amides is 2. The SMILES string of the molecule is COc1ccc(NC(=O)[C@@H]2CC(=O)Nc3nc(-c4cccnc4)nn32)c(OC)c1. The standard InChI is InChI=1S/C19H18N6O4/c1-28-12-5-6-13(15(8-12)29-2)21-18(27)14-9-16(26)22-19-23-17(24-25(14)19)11-4-3-7-20-10-11/h3-8,10,14H,9H2,1-2H3,(H,21,27)(H,22,23,24,26)/t14-/m0/s1. The van der Waals surface area contributed by atoms with Crippen LogP contribution in [-0.2, 0) is 9.59 Å². The van der Waals surface area contributed by atoms with Crippen molar-refractivity contribution in [2.45, 2.75) is 12.5 Å². The number of rotatable bonds is 5. The minimum absolute atomic E-state index is 0.0624. The van der Waals surface area contributed by atoms with Gasteiger partial charge in [0.2, 0.25) is 17.8 Å². The van der Waals surface area contributed by atoms with Gasteiger partial charge in [-0.15, -0.1) is 5.10 Å². The lowest BCUT2D eigenvalue weighted by atomic mass is 10.1. The van der Waals surface area contributed by atoms with E-state index in [1.54, 1.807) is 49.8 Å². The first kappa shape index (κ1) is 18.4. The monoisotopic (exact) mass is 394 g/mol. The molecule has 3 heterocycles. The first-order chi connectivity index (χ1) is 14.1. The number of ether oxygens (including phenoxy) is 2. The summed E-state index contributed by atoms with van der Waals surface area (Å²) in [6, 6.07) is 7.73. The first-order valence-electron chi connectivity index (χ1n) is 8.78. The number of anilines is 2. The number of hydrogen-bond acceptors (Lipinski definition) is 7. The second-order valence-electron chi connectivity index (χ2n) is 6.27. The van der Waals surface area contributed by atoms with Crippen LogP contribution in [0.3, 0.4) is 0 Å². The average molecular weight is 394 g/mol. The molecule has 29 heavy (non-hydrogen) atoms. The molecule has 0 aliphatic carbocycles. The summed E-state index contributed by atoms with van der Waals surface area (Å²) in [5, 5.41) is 9.85. The van der Waals surface area contributed by atoms with E-state index < -0.39 is 11.9 Å². The molecule has 10 heteroatoms. The average Bonchev–Trinajstić information content (AvgIpc) is 3.17. The van der Waals surface area contributed by atoms with E-state index in [9.17, 15) is 9.59 Å². The van der Waals surface area contributed by atoms with Gasteiger partial charge in [0, 0.05) is 24.0 Å². The number of hydrogen-bond donors (Lipinski definition) is 2. The lowest BCUT2D eigenvalue weighted by Crippen LogP contribution is -2.36. The molecule has 2 N–H and O–H groups in total. The molecule has 1 aromatic carbocycles. The van der Waals surface area contributed by atoms with Crippen molar-refractivity contribution in [3.63, 3.8) is 0 Å². The van der Waals surface area contributed by atoms with Crippen LogP contribution in [0.5, 0.6) is 11.5 Å². The van der Waals surface area contributed by atoms with Crippen LogP contribution in [0.4, 0.5) is 11.6 Å². The number of benzene rings is 1. The summed E-state index contributed by atoms with van der Waals surface area (Å²) in [6.45, 7) is 0. The largest absolute Gasteiger partial charge is 0.497 e. The van der Waals surface area contributed by atoms with E-state index in [0.29, 0.717) is 28.6 Å². The van der Waals surface area contributed by atoms with E-state index in [2.05, 4.69) is 25.7 Å². The lowest BCUT2D eigenvalue weighted by molar-refractivity contribution is -0.125. The predicted octanol–water partition coefficient (Wildman–Crippen LogP) is 1.88. The topological polar surface area (TPSA) is 120 Å². The Bertz CT molecular complexity index is 1070. The molecule has 3 aromatic rings. The molecule has 0 bridgehead atoms. The van der Waals surface area contributed by atoms with Gasteiger partial charge < -0.3 is 14.8 Å². The van der Waals surface area contributed by atoms with Crippen LogP contribution in [0.15, 0.2) is 42.7 Å². The van der Waals surface area contributed by atoms with Crippen LogP contribution in [0.2, 0.25) is 0 Å². The molecule has 0 radical (unpaired) electrons. The van der Waals surface area contributed by atoms with Crippen molar-refractivity contribution in [1.29, 1.82) is 0 Å². The number of carbonyl (C=O) groups is 2. The Hall–Kier alpha value is -3.95. The van der Waals surface area contributed by atoms with Gasteiger partial charge in [0.25, 0.3) is 0 Å². The maximum atomic E-state index is 13.0. The van der Waals surface area contributed by atoms with Crippen molar-refractivity contribution in [1.82, 2.24) is 19.7 Å². The normalized spacial score (nSPS) is 15.2. The van der Waals surface area contributed by atoms with Gasteiger partial charge in [0.1, 0.15) is 17.5 Å². The third-order valence-electron chi connectivity index (χ3n) is 4.45. The van der Waals surface area contributed by atoms with Crippen LogP contribution in [0, 0.1) is 0 Å². The van der Waals surface area contributed by atoms with Crippen LogP contribution in [-0.4, -0.2) is 45.8 Å². The maximum Gasteiger partial charge on any atom is 0.250 e. The Morgan fingerprint density at radius 2 is 2.14 bits per heavy atom. The molecule has 4 rings (SSSR count). The molecule has 1 aliphatic rings. The van der Waals surface area contributed by atoms with Crippen molar-refractivity contribution in [2.75, 3.05) is 24.9 Å². The minimum Gasteiger partial charge on any atom is -0.497 e. The molecule has 10 nitrogen and oxygen atoms in total. The van der Waals surface area contributed by atoms with E-state index >= 15 is 0 Å². The van der Waals surface area contributed by atoms with E-state index in [1.165, 1.54) is 11.8 Å². The molecule has 0 saturated heterocycles. The summed E-state index contributed by atoms with van der Waals surface area (Å²) in [6.07, 6.45) is 3.19. The minimum atomic E-state index is -0.858. The third kappa shape index (κ3) is 3.59. The zero-order chi connectivity index (χ0) is 20.4. The van der Waals surface area contributed by atoms with Crippen LogP contribution in [0.25, 0.3) is 11.4 Å². The van der Waals surface area contributed by atoms with Crippen molar-refractivity contribution in [3.05, 3.63) is 42.7 Å². The fourth-order valence-electron chi connectivity index (χ4n) is 3.00. The molecule has 0 saturated carbocycles. The van der Waals surface area contributed by atoms with Gasteiger partial charge in [-0.25, -0.2) is 4.68 Å². The van der Waals surface area contributed by atoms with Crippen molar-refractivity contribution >= 4 is 23.5 Å². The summed E-state index contributed by atoms with van der Waals surface area (Å²) in [5.74, 6) is 0.887. The van der Waals surface area contributed by atoms with Gasteiger partial charge in [-0.05, 0) is 24.3 Å². The smallest absolute Gasteiger partial charge is 0.250 e. The molecule has 1 aliphatic heterocycles. The maximum absolute atomic E-state index is 13.0. The van der Waals surface area contributed by atoms with Crippen molar-refractivity contribution in [3.8, 4) is 22.9 Å². The summed E-state index contributed by atoms with van der Waals surface area (Å²) in [7, 11) is 3.04. The van der Waals surface area contributed by atoms with Crippen molar-refractivity contribution < 1.29 is 19.1 Å². The van der Waals surface area contributed by atoms with E-state index in [0.717, 1.165) is 0 Å². The quantitative estimate of drug-likeness (QED) is 0.678. The highest BCUT2D eigenvalue weighted by atomic mass is 16.5. The number of methoxy groups -OCH3 is 2. The molecule has 0 fully saturated rings. The Balaban J connectivity index is 1.63. The van der Waals surface area contributed by atoms with Gasteiger partial charge >= 0.3 is 0 Å². The van der Waals surface area contributed by atoms with Gasteiger partial charge in [-0.3, -0.25) is 19.9 Å². The number of fused-ring (bicyclic) bond motifs is 1. The van der Waals surface area contributed by atoms with Gasteiger partial charge in [-0.1, -0.05) is 0 Å². The Morgan fingerprint density at radius 3 is 2.86 bits per heavy atom.